The summed E-state index contributed by atoms with van der Waals surface area (Å²) in [6, 6.07) is 7.74. The van der Waals surface area contributed by atoms with Crippen molar-refractivity contribution in [3.63, 3.8) is 0 Å². The molecule has 0 atom stereocenters. The van der Waals surface area contributed by atoms with E-state index in [1.807, 2.05) is 24.3 Å². The molecule has 23 heavy (non-hydrogen) atoms. The summed E-state index contributed by atoms with van der Waals surface area (Å²) in [4.78, 5) is 38.3. The number of benzene rings is 1. The van der Waals surface area contributed by atoms with E-state index in [0.29, 0.717) is 17.8 Å². The number of imide groups is 1. The number of carbonyl (C=O) groups is 3. The number of aromatic nitrogens is 1. The molecule has 2 amide bonds. The third-order valence-corrected chi connectivity index (χ3v) is 4.56. The molecule has 116 valence electrons. The topological polar surface area (TPSA) is 68.6 Å². The number of carbonyl (C=O) groups excluding carboxylic acids is 3. The van der Waals surface area contributed by atoms with E-state index in [1.165, 1.54) is 14.2 Å². The molecular weight excluding hydrogens is 296 g/mol. The standard InChI is InChI=1S/C17H14N2O4/c1-18-15(20)11-12(16(18)21)14(17(22)23-2)19-8-7-9-5-3-4-6-10(9)13(11)19/h3-6H,7-8H2,1-2H3. The highest BCUT2D eigenvalue weighted by Crippen LogP contribution is 2.41. The minimum atomic E-state index is -0.594. The summed E-state index contributed by atoms with van der Waals surface area (Å²) in [7, 11) is 2.70. The fourth-order valence-corrected chi connectivity index (χ4v) is 3.48. The van der Waals surface area contributed by atoms with E-state index in [4.69, 9.17) is 4.74 Å². The van der Waals surface area contributed by atoms with Crippen LogP contribution in [0.4, 0.5) is 0 Å². The fourth-order valence-electron chi connectivity index (χ4n) is 3.48. The number of methoxy groups -OCH3 is 1. The van der Waals surface area contributed by atoms with Gasteiger partial charge in [-0.1, -0.05) is 24.3 Å². The maximum absolute atomic E-state index is 12.6. The van der Waals surface area contributed by atoms with Gasteiger partial charge in [0.1, 0.15) is 5.69 Å². The van der Waals surface area contributed by atoms with E-state index in [9.17, 15) is 14.4 Å². The molecule has 0 bridgehead atoms. The van der Waals surface area contributed by atoms with E-state index < -0.39 is 11.9 Å². The zero-order valence-corrected chi connectivity index (χ0v) is 12.8. The van der Waals surface area contributed by atoms with Gasteiger partial charge in [0.25, 0.3) is 11.8 Å². The molecule has 4 rings (SSSR count). The second-order valence-corrected chi connectivity index (χ2v) is 5.67. The Balaban J connectivity index is 2.12. The summed E-state index contributed by atoms with van der Waals surface area (Å²) in [5.41, 5.74) is 3.29. The van der Waals surface area contributed by atoms with Crippen LogP contribution in [0.3, 0.4) is 0 Å². The summed E-state index contributed by atoms with van der Waals surface area (Å²) in [6.45, 7) is 0.536. The summed E-state index contributed by atoms with van der Waals surface area (Å²) >= 11 is 0. The Labute approximate surface area is 132 Å². The molecule has 2 aliphatic heterocycles. The van der Waals surface area contributed by atoms with Gasteiger partial charge in [-0.05, 0) is 12.0 Å². The zero-order chi connectivity index (χ0) is 16.3. The normalized spacial score (nSPS) is 15.3. The average molecular weight is 310 g/mol. The zero-order valence-electron chi connectivity index (χ0n) is 12.8. The first kappa shape index (κ1) is 13.8. The second kappa shape index (κ2) is 4.55. The SMILES string of the molecule is COC(=O)c1c2c(c3n1CCc1ccccc1-3)C(=O)N(C)C2=O. The number of nitrogens with zero attached hydrogens (tertiary/aromatic N) is 2. The molecule has 6 heteroatoms. The second-order valence-electron chi connectivity index (χ2n) is 5.67. The third-order valence-electron chi connectivity index (χ3n) is 4.56. The number of aryl methyl sites for hydroxylation is 1. The van der Waals surface area contributed by atoms with Crippen molar-refractivity contribution < 1.29 is 19.1 Å². The van der Waals surface area contributed by atoms with Gasteiger partial charge in [-0.15, -0.1) is 0 Å². The van der Waals surface area contributed by atoms with Gasteiger partial charge in [-0.25, -0.2) is 4.79 Å². The lowest BCUT2D eigenvalue weighted by molar-refractivity contribution is 0.0576. The first-order valence-corrected chi connectivity index (χ1v) is 7.31. The molecule has 2 aromatic rings. The van der Waals surface area contributed by atoms with E-state index in [0.717, 1.165) is 22.4 Å². The maximum atomic E-state index is 12.6. The highest BCUT2D eigenvalue weighted by Gasteiger charge is 2.44. The molecular formula is C17H14N2O4. The third kappa shape index (κ3) is 1.60. The first-order chi connectivity index (χ1) is 11.1. The Bertz CT molecular complexity index is 894. The average Bonchev–Trinajstić information content (AvgIpc) is 3.03. The molecule has 1 aromatic heterocycles. The predicted molar refractivity (Wildman–Crippen MR) is 81.3 cm³/mol. The predicted octanol–water partition coefficient (Wildman–Crippen LogP) is 1.72. The summed E-state index contributed by atoms with van der Waals surface area (Å²) < 4.78 is 6.60. The van der Waals surface area contributed by atoms with Crippen LogP contribution >= 0.6 is 0 Å². The van der Waals surface area contributed by atoms with Gasteiger partial charge < -0.3 is 9.30 Å². The fraction of sp³-hybridized carbons (Fsp3) is 0.235. The van der Waals surface area contributed by atoms with Crippen molar-refractivity contribution in [2.24, 2.45) is 0 Å². The lowest BCUT2D eigenvalue weighted by atomic mass is 9.96. The number of esters is 1. The minimum Gasteiger partial charge on any atom is -0.464 e. The molecule has 0 fully saturated rings. The van der Waals surface area contributed by atoms with Crippen molar-refractivity contribution in [3.05, 3.63) is 46.6 Å². The molecule has 0 spiro atoms. The molecule has 0 unspecified atom stereocenters. The summed E-state index contributed by atoms with van der Waals surface area (Å²) in [5.74, 6) is -1.42. The van der Waals surface area contributed by atoms with Gasteiger partial charge in [0.15, 0.2) is 0 Å². The number of ether oxygens (including phenoxy) is 1. The quantitative estimate of drug-likeness (QED) is 0.594. The first-order valence-electron chi connectivity index (χ1n) is 7.31. The van der Waals surface area contributed by atoms with Crippen molar-refractivity contribution in [2.45, 2.75) is 13.0 Å². The Morgan fingerprint density at radius 1 is 1.13 bits per heavy atom. The molecule has 0 aliphatic carbocycles. The smallest absolute Gasteiger partial charge is 0.355 e. The van der Waals surface area contributed by atoms with Crippen LogP contribution in [0.15, 0.2) is 24.3 Å². The van der Waals surface area contributed by atoms with Crippen LogP contribution in [0, 0.1) is 0 Å². The molecule has 2 aliphatic rings. The lowest BCUT2D eigenvalue weighted by Gasteiger charge is -2.22. The molecule has 3 heterocycles. The van der Waals surface area contributed by atoms with Crippen LogP contribution in [-0.4, -0.2) is 41.4 Å². The van der Waals surface area contributed by atoms with Gasteiger partial charge in [-0.3, -0.25) is 14.5 Å². The van der Waals surface area contributed by atoms with Gasteiger partial charge >= 0.3 is 5.97 Å². The molecule has 0 saturated heterocycles. The van der Waals surface area contributed by atoms with Gasteiger partial charge in [0.05, 0.1) is 23.9 Å². The Morgan fingerprint density at radius 3 is 2.57 bits per heavy atom. The van der Waals surface area contributed by atoms with Gasteiger partial charge in [-0.2, -0.15) is 0 Å². The largest absolute Gasteiger partial charge is 0.464 e. The van der Waals surface area contributed by atoms with E-state index >= 15 is 0 Å². The van der Waals surface area contributed by atoms with E-state index in [1.54, 1.807) is 4.57 Å². The Hall–Kier alpha value is -2.89. The summed E-state index contributed by atoms with van der Waals surface area (Å²) in [5, 5.41) is 0. The van der Waals surface area contributed by atoms with Gasteiger partial charge in [0, 0.05) is 19.2 Å². The number of fused-ring (bicyclic) bond motifs is 5. The van der Waals surface area contributed by atoms with Crippen LogP contribution in [0.1, 0.15) is 36.8 Å². The van der Waals surface area contributed by atoms with Crippen molar-refractivity contribution in [2.75, 3.05) is 14.2 Å². The van der Waals surface area contributed by atoms with Crippen molar-refractivity contribution >= 4 is 17.8 Å². The minimum absolute atomic E-state index is 0.163. The number of hydrogen-bond acceptors (Lipinski definition) is 4. The molecule has 0 radical (unpaired) electrons. The molecule has 0 saturated carbocycles. The Morgan fingerprint density at radius 2 is 1.83 bits per heavy atom. The highest BCUT2D eigenvalue weighted by molar-refractivity contribution is 6.27. The monoisotopic (exact) mass is 310 g/mol. The summed E-state index contributed by atoms with van der Waals surface area (Å²) in [6.07, 6.45) is 0.735. The van der Waals surface area contributed by atoms with Crippen LogP contribution in [0.5, 0.6) is 0 Å². The van der Waals surface area contributed by atoms with Crippen molar-refractivity contribution in [1.82, 2.24) is 9.47 Å². The molecule has 1 aromatic carbocycles. The Kier molecular flexibility index (Phi) is 2.72. The van der Waals surface area contributed by atoms with Crippen molar-refractivity contribution in [1.29, 1.82) is 0 Å². The lowest BCUT2D eigenvalue weighted by Crippen LogP contribution is -2.28. The van der Waals surface area contributed by atoms with Gasteiger partial charge in [0.2, 0.25) is 0 Å². The molecule has 6 nitrogen and oxygen atoms in total. The van der Waals surface area contributed by atoms with E-state index in [2.05, 4.69) is 0 Å². The number of hydrogen-bond donors (Lipinski definition) is 0. The molecule has 0 N–H and O–H groups in total. The van der Waals surface area contributed by atoms with Crippen molar-refractivity contribution in [3.8, 4) is 11.3 Å². The van der Waals surface area contributed by atoms with Crippen LogP contribution in [0.25, 0.3) is 11.3 Å². The van der Waals surface area contributed by atoms with E-state index in [-0.39, 0.29) is 17.2 Å². The highest BCUT2D eigenvalue weighted by atomic mass is 16.5. The number of rotatable bonds is 1. The van der Waals surface area contributed by atoms with Crippen LogP contribution in [0.2, 0.25) is 0 Å². The maximum Gasteiger partial charge on any atom is 0.355 e. The number of amides is 2. The van der Waals surface area contributed by atoms with Crippen LogP contribution < -0.4 is 0 Å². The van der Waals surface area contributed by atoms with Crippen LogP contribution in [-0.2, 0) is 17.7 Å².